The van der Waals surface area contributed by atoms with Crippen LogP contribution in [-0.4, -0.2) is 40.4 Å². The third-order valence-corrected chi connectivity index (χ3v) is 5.24. The third kappa shape index (κ3) is 2.33. The summed E-state index contributed by atoms with van der Waals surface area (Å²) in [6, 6.07) is 0.933. The Hall–Kier alpha value is -1.63. The summed E-state index contributed by atoms with van der Waals surface area (Å²) in [7, 11) is 0. The van der Waals surface area contributed by atoms with E-state index in [1.807, 2.05) is 0 Å². The summed E-state index contributed by atoms with van der Waals surface area (Å²) in [5.74, 6) is -0.750. The molecule has 1 saturated carbocycles. The van der Waals surface area contributed by atoms with Crippen molar-refractivity contribution in [2.24, 2.45) is 11.3 Å². The summed E-state index contributed by atoms with van der Waals surface area (Å²) >= 11 is 0. The fourth-order valence-corrected chi connectivity index (χ4v) is 3.90. The molecule has 0 bridgehead atoms. The van der Waals surface area contributed by atoms with Crippen LogP contribution in [0.3, 0.4) is 0 Å². The molecule has 0 radical (unpaired) electrons. The Kier molecular flexibility index (Phi) is 3.37. The van der Waals surface area contributed by atoms with Gasteiger partial charge < -0.3 is 0 Å². The molecule has 2 aliphatic heterocycles. The number of pyridine rings is 1. The predicted octanol–water partition coefficient (Wildman–Crippen LogP) is 2.78. The highest BCUT2D eigenvalue weighted by molar-refractivity contribution is 5.86. The van der Waals surface area contributed by atoms with E-state index in [1.165, 1.54) is 17.3 Å². The van der Waals surface area contributed by atoms with Gasteiger partial charge in [0.2, 0.25) is 0 Å². The lowest BCUT2D eigenvalue weighted by Gasteiger charge is -2.28. The van der Waals surface area contributed by atoms with E-state index in [0.717, 1.165) is 19.0 Å². The van der Waals surface area contributed by atoms with Crippen LogP contribution < -0.4 is 0 Å². The van der Waals surface area contributed by atoms with Crippen LogP contribution in [0.5, 0.6) is 0 Å². The Morgan fingerprint density at radius 1 is 1.30 bits per heavy atom. The highest BCUT2D eigenvalue weighted by Gasteiger charge is 2.61. The number of fused-ring (bicyclic) bond motifs is 1. The van der Waals surface area contributed by atoms with Crippen molar-refractivity contribution in [1.82, 2.24) is 15.0 Å². The van der Waals surface area contributed by atoms with Gasteiger partial charge in [0, 0.05) is 19.3 Å². The number of halogens is 3. The first-order valence-electron chi connectivity index (χ1n) is 7.98. The Morgan fingerprint density at radius 2 is 2.09 bits per heavy atom. The molecule has 0 aromatic carbocycles. The average molecular weight is 325 g/mol. The quantitative estimate of drug-likeness (QED) is 0.854. The minimum Gasteiger partial charge on any atom is -0.272 e. The molecule has 2 atom stereocenters. The average Bonchev–Trinajstić information content (AvgIpc) is 3.15. The van der Waals surface area contributed by atoms with Gasteiger partial charge in [-0.2, -0.15) is 0 Å². The number of amides is 1. The first kappa shape index (κ1) is 14.9. The van der Waals surface area contributed by atoms with E-state index < -0.39 is 29.6 Å². The molecule has 3 heterocycles. The van der Waals surface area contributed by atoms with Gasteiger partial charge in [0.15, 0.2) is 0 Å². The van der Waals surface area contributed by atoms with Crippen LogP contribution in [0.15, 0.2) is 18.5 Å². The Bertz CT molecular complexity index is 637. The van der Waals surface area contributed by atoms with Gasteiger partial charge in [-0.3, -0.25) is 14.8 Å². The fourth-order valence-electron chi connectivity index (χ4n) is 3.90. The minimum atomic E-state index is -2.67. The van der Waals surface area contributed by atoms with Crippen molar-refractivity contribution in [2.75, 3.05) is 13.1 Å². The number of carbonyl (C=O) groups excluding carboxylic acids is 1. The molecule has 124 valence electrons. The maximum absolute atomic E-state index is 13.8. The minimum absolute atomic E-state index is 0.0687. The Morgan fingerprint density at radius 3 is 2.74 bits per heavy atom. The summed E-state index contributed by atoms with van der Waals surface area (Å²) in [5.41, 5.74) is -1.03. The van der Waals surface area contributed by atoms with Crippen LogP contribution in [0.4, 0.5) is 13.2 Å². The summed E-state index contributed by atoms with van der Waals surface area (Å²) in [6.45, 7) is 0.602. The van der Waals surface area contributed by atoms with Crippen LogP contribution in [0, 0.1) is 17.2 Å². The largest absolute Gasteiger partial charge is 0.272 e. The van der Waals surface area contributed by atoms with Crippen molar-refractivity contribution in [3.05, 3.63) is 29.8 Å². The van der Waals surface area contributed by atoms with Gasteiger partial charge in [-0.15, -0.1) is 0 Å². The van der Waals surface area contributed by atoms with Gasteiger partial charge in [-0.1, -0.05) is 12.8 Å². The number of aromatic nitrogens is 1. The molecule has 1 aromatic heterocycles. The van der Waals surface area contributed by atoms with E-state index in [4.69, 9.17) is 0 Å². The number of nitrogens with zero attached hydrogens (tertiary/aromatic N) is 3. The first-order valence-corrected chi connectivity index (χ1v) is 7.98. The SMILES string of the molecule is O=C1N2[C@H](c3cncc(F)c3)CCN2C[C@@]1(CC1CC1)C(F)F. The van der Waals surface area contributed by atoms with E-state index in [9.17, 15) is 18.0 Å². The Labute approximate surface area is 132 Å². The van der Waals surface area contributed by atoms with Crippen molar-refractivity contribution in [1.29, 1.82) is 0 Å². The zero-order chi connectivity index (χ0) is 16.2. The zero-order valence-corrected chi connectivity index (χ0v) is 12.6. The van der Waals surface area contributed by atoms with Crippen LogP contribution in [0.1, 0.15) is 37.3 Å². The lowest BCUT2D eigenvalue weighted by Crippen LogP contribution is -2.42. The molecule has 2 saturated heterocycles. The Balaban J connectivity index is 1.65. The lowest BCUT2D eigenvalue weighted by atomic mass is 9.82. The number of alkyl halides is 2. The monoisotopic (exact) mass is 325 g/mol. The molecule has 0 spiro atoms. The normalized spacial score (nSPS) is 31.2. The summed E-state index contributed by atoms with van der Waals surface area (Å²) in [4.78, 5) is 16.7. The summed E-state index contributed by atoms with van der Waals surface area (Å²) in [5, 5.41) is 3.15. The smallest absolute Gasteiger partial charge is 0.254 e. The van der Waals surface area contributed by atoms with Crippen molar-refractivity contribution in [3.63, 3.8) is 0 Å². The molecule has 3 fully saturated rings. The molecule has 7 heteroatoms. The second-order valence-electron chi connectivity index (χ2n) is 6.88. The molecule has 1 amide bonds. The number of hydrogen-bond acceptors (Lipinski definition) is 3. The molecular formula is C16H18F3N3O. The molecule has 4 nitrogen and oxygen atoms in total. The molecule has 23 heavy (non-hydrogen) atoms. The number of carbonyl (C=O) groups is 1. The maximum atomic E-state index is 13.8. The second-order valence-corrected chi connectivity index (χ2v) is 6.88. The maximum Gasteiger partial charge on any atom is 0.254 e. The molecule has 1 aromatic rings. The highest BCUT2D eigenvalue weighted by atomic mass is 19.3. The van der Waals surface area contributed by atoms with Crippen LogP contribution in [0.25, 0.3) is 0 Å². The van der Waals surface area contributed by atoms with Gasteiger partial charge in [-0.25, -0.2) is 18.2 Å². The van der Waals surface area contributed by atoms with Crippen molar-refractivity contribution >= 4 is 5.91 Å². The van der Waals surface area contributed by atoms with E-state index >= 15 is 0 Å². The van der Waals surface area contributed by atoms with Gasteiger partial charge in [0.25, 0.3) is 12.3 Å². The van der Waals surface area contributed by atoms with E-state index in [1.54, 1.807) is 5.01 Å². The molecule has 3 aliphatic rings. The van der Waals surface area contributed by atoms with Crippen molar-refractivity contribution in [3.8, 4) is 0 Å². The summed E-state index contributed by atoms with van der Waals surface area (Å²) in [6.07, 6.45) is 2.65. The fraction of sp³-hybridized carbons (Fsp3) is 0.625. The molecule has 1 aliphatic carbocycles. The third-order valence-electron chi connectivity index (χ3n) is 5.24. The number of hydrazine groups is 1. The molecule has 4 rings (SSSR count). The molecule has 0 N–H and O–H groups in total. The van der Waals surface area contributed by atoms with E-state index in [2.05, 4.69) is 4.98 Å². The molecular weight excluding hydrogens is 307 g/mol. The van der Waals surface area contributed by atoms with Gasteiger partial charge >= 0.3 is 0 Å². The van der Waals surface area contributed by atoms with E-state index in [0.29, 0.717) is 18.5 Å². The van der Waals surface area contributed by atoms with Crippen molar-refractivity contribution in [2.45, 2.75) is 38.2 Å². The molecule has 0 unspecified atom stereocenters. The second kappa shape index (κ2) is 5.19. The highest BCUT2D eigenvalue weighted by Crippen LogP contribution is 2.51. The van der Waals surface area contributed by atoms with Crippen LogP contribution >= 0.6 is 0 Å². The van der Waals surface area contributed by atoms with Gasteiger partial charge in [0.05, 0.1) is 12.2 Å². The topological polar surface area (TPSA) is 36.4 Å². The van der Waals surface area contributed by atoms with Crippen LogP contribution in [0.2, 0.25) is 0 Å². The van der Waals surface area contributed by atoms with Crippen LogP contribution in [-0.2, 0) is 4.79 Å². The standard InChI is InChI=1S/C16H18F3N3O/c17-12-5-11(7-20-8-12)13-3-4-21-9-16(14(18)19,6-10-1-2-10)15(23)22(13)21/h5,7-8,10,13-14H,1-4,6,9H2/t13-,16-/m0/s1. The van der Waals surface area contributed by atoms with Gasteiger partial charge in [0.1, 0.15) is 11.2 Å². The lowest BCUT2D eigenvalue weighted by molar-refractivity contribution is -0.149. The first-order chi connectivity index (χ1) is 11.0. The number of hydrogen-bond donors (Lipinski definition) is 0. The van der Waals surface area contributed by atoms with E-state index in [-0.39, 0.29) is 18.9 Å². The zero-order valence-electron chi connectivity index (χ0n) is 12.6. The van der Waals surface area contributed by atoms with Gasteiger partial charge in [-0.05, 0) is 30.4 Å². The van der Waals surface area contributed by atoms with Crippen molar-refractivity contribution < 1.29 is 18.0 Å². The number of rotatable bonds is 4. The predicted molar refractivity (Wildman–Crippen MR) is 75.8 cm³/mol. The summed E-state index contributed by atoms with van der Waals surface area (Å²) < 4.78 is 41.0.